The second-order valence-electron chi connectivity index (χ2n) is 8.03. The maximum Gasteiger partial charge on any atom is 0.319 e. The Morgan fingerprint density at radius 3 is 2.25 bits per heavy atom. The van der Waals surface area contributed by atoms with Gasteiger partial charge in [0, 0.05) is 23.8 Å². The summed E-state index contributed by atoms with van der Waals surface area (Å²) in [7, 11) is 2.10. The van der Waals surface area contributed by atoms with Gasteiger partial charge in [0.05, 0.1) is 0 Å². The third-order valence-electron chi connectivity index (χ3n) is 5.72. The van der Waals surface area contributed by atoms with E-state index in [2.05, 4.69) is 33.2 Å². The molecule has 154 valence electrons. The lowest BCUT2D eigenvalue weighted by Gasteiger charge is -2.29. The second-order valence-corrected chi connectivity index (χ2v) is 8.03. The highest BCUT2D eigenvalue weighted by Gasteiger charge is 2.18. The van der Waals surface area contributed by atoms with Crippen molar-refractivity contribution in [2.24, 2.45) is 5.92 Å². The molecule has 1 aromatic carbocycles. The lowest BCUT2D eigenvalue weighted by Crippen LogP contribution is -2.44. The highest BCUT2D eigenvalue weighted by Crippen LogP contribution is 2.19. The molecule has 2 saturated heterocycles. The van der Waals surface area contributed by atoms with Crippen molar-refractivity contribution in [3.8, 4) is 0 Å². The van der Waals surface area contributed by atoms with Gasteiger partial charge in [0.2, 0.25) is 5.91 Å². The SMILES string of the molecule is CN1CCC(NC(=O)Nc2ccc(NC(=O)CCC3CCNCC3)cc2)CC1. The third kappa shape index (κ3) is 6.80. The molecule has 3 rings (SSSR count). The molecule has 0 atom stereocenters. The number of rotatable bonds is 6. The fraction of sp³-hybridized carbons (Fsp3) is 0.619. The summed E-state index contributed by atoms with van der Waals surface area (Å²) in [6.07, 6.45) is 5.78. The average molecular weight is 388 g/mol. The van der Waals surface area contributed by atoms with E-state index in [1.807, 2.05) is 24.3 Å². The number of carbonyl (C=O) groups is 2. The lowest BCUT2D eigenvalue weighted by molar-refractivity contribution is -0.116. The van der Waals surface area contributed by atoms with Gasteiger partial charge in [0.1, 0.15) is 0 Å². The summed E-state index contributed by atoms with van der Waals surface area (Å²) in [4.78, 5) is 26.6. The first kappa shape index (κ1) is 20.6. The van der Waals surface area contributed by atoms with Crippen molar-refractivity contribution in [3.05, 3.63) is 24.3 Å². The van der Waals surface area contributed by atoms with Crippen molar-refractivity contribution in [1.29, 1.82) is 0 Å². The van der Waals surface area contributed by atoms with Crippen molar-refractivity contribution in [3.63, 3.8) is 0 Å². The molecule has 0 bridgehead atoms. The fourth-order valence-corrected chi connectivity index (χ4v) is 3.87. The van der Waals surface area contributed by atoms with E-state index < -0.39 is 0 Å². The van der Waals surface area contributed by atoms with Crippen molar-refractivity contribution >= 4 is 23.3 Å². The largest absolute Gasteiger partial charge is 0.335 e. The summed E-state index contributed by atoms with van der Waals surface area (Å²) >= 11 is 0. The molecule has 0 aromatic heterocycles. The summed E-state index contributed by atoms with van der Waals surface area (Å²) < 4.78 is 0. The van der Waals surface area contributed by atoms with Gasteiger partial charge in [-0.05, 0) is 95.5 Å². The number of anilines is 2. The van der Waals surface area contributed by atoms with Gasteiger partial charge in [-0.3, -0.25) is 4.79 Å². The van der Waals surface area contributed by atoms with Crippen LogP contribution < -0.4 is 21.3 Å². The molecular formula is C21H33N5O2. The molecular weight excluding hydrogens is 354 g/mol. The van der Waals surface area contributed by atoms with Crippen molar-refractivity contribution < 1.29 is 9.59 Å². The van der Waals surface area contributed by atoms with Crippen LogP contribution in [0.15, 0.2) is 24.3 Å². The number of carbonyl (C=O) groups excluding carboxylic acids is 2. The highest BCUT2D eigenvalue weighted by atomic mass is 16.2. The normalized spacial score (nSPS) is 19.2. The number of benzene rings is 1. The molecule has 2 aliphatic heterocycles. The van der Waals surface area contributed by atoms with Crippen LogP contribution in [0.2, 0.25) is 0 Å². The van der Waals surface area contributed by atoms with Gasteiger partial charge in [0.25, 0.3) is 0 Å². The Bertz CT molecular complexity index is 635. The zero-order chi connectivity index (χ0) is 19.8. The number of amides is 3. The van der Waals surface area contributed by atoms with E-state index in [1.54, 1.807) is 0 Å². The minimum atomic E-state index is -0.173. The summed E-state index contributed by atoms with van der Waals surface area (Å²) in [5.41, 5.74) is 1.48. The molecule has 0 aliphatic carbocycles. The van der Waals surface area contributed by atoms with E-state index in [9.17, 15) is 9.59 Å². The third-order valence-corrected chi connectivity index (χ3v) is 5.72. The maximum atomic E-state index is 12.2. The minimum Gasteiger partial charge on any atom is -0.335 e. The Balaban J connectivity index is 1.37. The number of urea groups is 1. The van der Waals surface area contributed by atoms with Crippen molar-refractivity contribution in [2.75, 3.05) is 43.9 Å². The van der Waals surface area contributed by atoms with E-state index >= 15 is 0 Å². The number of hydrogen-bond acceptors (Lipinski definition) is 4. The van der Waals surface area contributed by atoms with E-state index in [0.717, 1.165) is 69.7 Å². The summed E-state index contributed by atoms with van der Waals surface area (Å²) in [5.74, 6) is 0.709. The summed E-state index contributed by atoms with van der Waals surface area (Å²) in [6.45, 7) is 4.15. The number of nitrogens with one attached hydrogen (secondary N) is 4. The first-order valence-electron chi connectivity index (χ1n) is 10.4. The smallest absolute Gasteiger partial charge is 0.319 e. The van der Waals surface area contributed by atoms with Crippen LogP contribution in [0, 0.1) is 5.92 Å². The predicted octanol–water partition coefficient (Wildman–Crippen LogP) is 2.62. The highest BCUT2D eigenvalue weighted by molar-refractivity contribution is 5.92. The van der Waals surface area contributed by atoms with Crippen LogP contribution in [0.3, 0.4) is 0 Å². The zero-order valence-electron chi connectivity index (χ0n) is 16.8. The van der Waals surface area contributed by atoms with E-state index in [0.29, 0.717) is 12.3 Å². The number of likely N-dealkylation sites (tertiary alicyclic amines) is 1. The van der Waals surface area contributed by atoms with Gasteiger partial charge >= 0.3 is 6.03 Å². The molecule has 0 spiro atoms. The summed E-state index contributed by atoms with van der Waals surface area (Å²) in [6, 6.07) is 7.34. The van der Waals surface area contributed by atoms with Crippen LogP contribution in [0.5, 0.6) is 0 Å². The van der Waals surface area contributed by atoms with Crippen molar-refractivity contribution in [2.45, 2.75) is 44.6 Å². The first-order valence-corrected chi connectivity index (χ1v) is 10.4. The van der Waals surface area contributed by atoms with Gasteiger partial charge in [-0.2, -0.15) is 0 Å². The molecule has 28 heavy (non-hydrogen) atoms. The minimum absolute atomic E-state index is 0.0549. The maximum absolute atomic E-state index is 12.2. The van der Waals surface area contributed by atoms with Crippen LogP contribution in [-0.4, -0.2) is 56.1 Å². The number of nitrogens with zero attached hydrogens (tertiary/aromatic N) is 1. The van der Waals surface area contributed by atoms with Crippen LogP contribution in [0.4, 0.5) is 16.2 Å². The molecule has 4 N–H and O–H groups in total. The number of hydrogen-bond donors (Lipinski definition) is 4. The Morgan fingerprint density at radius 1 is 1.00 bits per heavy atom. The Kier molecular flexibility index (Phi) is 7.68. The van der Waals surface area contributed by atoms with Crippen molar-refractivity contribution in [1.82, 2.24) is 15.5 Å². The van der Waals surface area contributed by atoms with Crippen LogP contribution in [0.25, 0.3) is 0 Å². The molecule has 7 heteroatoms. The van der Waals surface area contributed by atoms with E-state index in [-0.39, 0.29) is 18.0 Å². The van der Waals surface area contributed by atoms with Gasteiger partial charge in [-0.1, -0.05) is 0 Å². The van der Waals surface area contributed by atoms with Gasteiger partial charge < -0.3 is 26.2 Å². The van der Waals surface area contributed by atoms with E-state index in [1.165, 1.54) is 0 Å². The molecule has 2 heterocycles. The molecule has 1 aromatic rings. The predicted molar refractivity (Wildman–Crippen MR) is 113 cm³/mol. The zero-order valence-corrected chi connectivity index (χ0v) is 16.8. The molecule has 0 radical (unpaired) electrons. The Labute approximate surface area is 167 Å². The van der Waals surface area contributed by atoms with Gasteiger partial charge in [-0.15, -0.1) is 0 Å². The van der Waals surface area contributed by atoms with Crippen LogP contribution in [0.1, 0.15) is 38.5 Å². The molecule has 2 fully saturated rings. The average Bonchev–Trinajstić information content (AvgIpc) is 2.70. The number of piperidine rings is 2. The van der Waals surface area contributed by atoms with Gasteiger partial charge in [0.15, 0.2) is 0 Å². The first-order chi connectivity index (χ1) is 13.6. The standard InChI is InChI=1S/C21H33N5O2/c1-26-14-10-19(11-15-26)25-21(28)24-18-5-3-17(4-6-18)23-20(27)7-2-16-8-12-22-13-9-16/h3-6,16,19,22H,2,7-15H2,1H3,(H,23,27)(H2,24,25,28). The molecule has 0 unspecified atom stereocenters. The Morgan fingerprint density at radius 2 is 1.61 bits per heavy atom. The van der Waals surface area contributed by atoms with Gasteiger partial charge in [-0.25, -0.2) is 4.79 Å². The lowest BCUT2D eigenvalue weighted by atomic mass is 9.93. The molecule has 7 nitrogen and oxygen atoms in total. The van der Waals surface area contributed by atoms with E-state index in [4.69, 9.17) is 0 Å². The second kappa shape index (κ2) is 10.4. The fourth-order valence-electron chi connectivity index (χ4n) is 3.87. The molecule has 2 aliphatic rings. The quantitative estimate of drug-likeness (QED) is 0.604. The molecule has 0 saturated carbocycles. The molecule has 3 amide bonds. The van der Waals surface area contributed by atoms with Crippen LogP contribution >= 0.6 is 0 Å². The Hall–Kier alpha value is -2.12. The summed E-state index contributed by atoms with van der Waals surface area (Å²) in [5, 5.41) is 12.2. The van der Waals surface area contributed by atoms with Crippen LogP contribution in [-0.2, 0) is 4.79 Å². The monoisotopic (exact) mass is 387 g/mol. The topological polar surface area (TPSA) is 85.5 Å².